The summed E-state index contributed by atoms with van der Waals surface area (Å²) in [6.45, 7) is 6.20. The van der Waals surface area contributed by atoms with E-state index < -0.39 is 0 Å². The monoisotopic (exact) mass is 291 g/mol. The highest BCUT2D eigenvalue weighted by Gasteiger charge is 2.17. The van der Waals surface area contributed by atoms with Crippen LogP contribution in [0.5, 0.6) is 0 Å². The second-order valence-electron chi connectivity index (χ2n) is 5.44. The highest BCUT2D eigenvalue weighted by Crippen LogP contribution is 2.26. The summed E-state index contributed by atoms with van der Waals surface area (Å²) in [5.41, 5.74) is 5.82. The number of halogens is 1. The maximum atomic E-state index is 6.35. The zero-order valence-corrected chi connectivity index (χ0v) is 13.5. The van der Waals surface area contributed by atoms with Gasteiger partial charge in [0.25, 0.3) is 0 Å². The lowest BCUT2D eigenvalue weighted by molar-refractivity contribution is 0.561. The molecule has 0 aliphatic rings. The minimum absolute atomic E-state index is 0.237. The first-order valence-electron chi connectivity index (χ1n) is 6.85. The molecule has 4 heteroatoms. The van der Waals surface area contributed by atoms with Gasteiger partial charge < -0.3 is 5.32 Å². The molecule has 3 nitrogen and oxygen atoms in total. The number of nitrogens with one attached hydrogen (secondary N) is 1. The Balaban J connectivity index is 2.33. The van der Waals surface area contributed by atoms with Gasteiger partial charge in [0.05, 0.1) is 16.4 Å². The molecule has 1 atom stereocenters. The fraction of sp³-hybridized carbons (Fsp3) is 0.438. The van der Waals surface area contributed by atoms with E-state index in [4.69, 9.17) is 11.6 Å². The number of aryl methyl sites for hydroxylation is 4. The molecule has 0 radical (unpaired) electrons. The molecule has 1 heterocycles. The molecule has 2 aromatic rings. The normalized spacial score (nSPS) is 12.7. The van der Waals surface area contributed by atoms with Gasteiger partial charge in [0.15, 0.2) is 0 Å². The third-order valence-corrected chi connectivity index (χ3v) is 4.15. The van der Waals surface area contributed by atoms with E-state index >= 15 is 0 Å². The number of rotatable bonds is 4. The van der Waals surface area contributed by atoms with E-state index in [0.717, 1.165) is 22.8 Å². The van der Waals surface area contributed by atoms with Crippen molar-refractivity contribution in [3.63, 3.8) is 0 Å². The topological polar surface area (TPSA) is 29.9 Å². The summed E-state index contributed by atoms with van der Waals surface area (Å²) < 4.78 is 1.88. The van der Waals surface area contributed by atoms with Crippen LogP contribution in [0.2, 0.25) is 5.02 Å². The highest BCUT2D eigenvalue weighted by molar-refractivity contribution is 6.31. The van der Waals surface area contributed by atoms with E-state index in [2.05, 4.69) is 42.5 Å². The highest BCUT2D eigenvalue weighted by atomic mass is 35.5. The largest absolute Gasteiger partial charge is 0.313 e. The number of hydrogen-bond donors (Lipinski definition) is 1. The van der Waals surface area contributed by atoms with E-state index in [-0.39, 0.29) is 6.04 Å². The Hall–Kier alpha value is -1.32. The van der Waals surface area contributed by atoms with Crippen molar-refractivity contribution < 1.29 is 0 Å². The Morgan fingerprint density at radius 1 is 1.20 bits per heavy atom. The summed E-state index contributed by atoms with van der Waals surface area (Å²) in [5, 5.41) is 8.54. The van der Waals surface area contributed by atoms with Crippen LogP contribution in [0.25, 0.3) is 0 Å². The van der Waals surface area contributed by atoms with E-state index in [1.807, 2.05) is 25.7 Å². The van der Waals surface area contributed by atoms with Crippen molar-refractivity contribution in [2.24, 2.45) is 7.05 Å². The second kappa shape index (κ2) is 5.98. The number of nitrogens with zero attached hydrogens (tertiary/aromatic N) is 2. The molecule has 2 rings (SSSR count). The first kappa shape index (κ1) is 15.1. The second-order valence-corrected chi connectivity index (χ2v) is 5.81. The quantitative estimate of drug-likeness (QED) is 0.934. The lowest BCUT2D eigenvalue weighted by Crippen LogP contribution is -2.20. The predicted molar refractivity (Wildman–Crippen MR) is 84.4 cm³/mol. The van der Waals surface area contributed by atoms with Crippen LogP contribution in [-0.2, 0) is 13.5 Å². The van der Waals surface area contributed by atoms with Crippen molar-refractivity contribution in [3.8, 4) is 0 Å². The van der Waals surface area contributed by atoms with Gasteiger partial charge in [0.2, 0.25) is 0 Å². The number of hydrogen-bond acceptors (Lipinski definition) is 2. The number of likely N-dealkylation sites (N-methyl/N-ethyl adjacent to an activating group) is 1. The van der Waals surface area contributed by atoms with Gasteiger partial charge in [-0.1, -0.05) is 40.9 Å². The summed E-state index contributed by atoms with van der Waals surface area (Å²) in [5.74, 6) is 0. The molecular formula is C16H22ClN3. The lowest BCUT2D eigenvalue weighted by Gasteiger charge is -2.18. The summed E-state index contributed by atoms with van der Waals surface area (Å²) in [7, 11) is 3.93. The summed E-state index contributed by atoms with van der Waals surface area (Å²) in [4.78, 5) is 0. The smallest absolute Gasteiger partial charge is 0.0847 e. The first-order valence-corrected chi connectivity index (χ1v) is 7.23. The van der Waals surface area contributed by atoms with Crippen molar-refractivity contribution in [2.75, 3.05) is 7.05 Å². The molecule has 0 aliphatic heterocycles. The van der Waals surface area contributed by atoms with Crippen molar-refractivity contribution in [3.05, 3.63) is 51.3 Å². The molecule has 20 heavy (non-hydrogen) atoms. The molecule has 0 spiro atoms. The van der Waals surface area contributed by atoms with Crippen LogP contribution >= 0.6 is 11.6 Å². The van der Waals surface area contributed by atoms with Crippen molar-refractivity contribution >= 4 is 11.6 Å². The molecule has 1 aromatic heterocycles. The van der Waals surface area contributed by atoms with Gasteiger partial charge in [-0.25, -0.2) is 0 Å². The van der Waals surface area contributed by atoms with Gasteiger partial charge in [-0.2, -0.15) is 5.10 Å². The van der Waals surface area contributed by atoms with Crippen LogP contribution in [0, 0.1) is 20.8 Å². The third-order valence-electron chi connectivity index (χ3n) is 3.65. The Morgan fingerprint density at radius 2 is 1.80 bits per heavy atom. The average Bonchev–Trinajstić information content (AvgIpc) is 2.60. The van der Waals surface area contributed by atoms with Crippen LogP contribution in [0.3, 0.4) is 0 Å². The molecule has 1 unspecified atom stereocenters. The maximum absolute atomic E-state index is 6.35. The molecule has 0 aliphatic carbocycles. The van der Waals surface area contributed by atoms with Gasteiger partial charge in [-0.15, -0.1) is 0 Å². The summed E-state index contributed by atoms with van der Waals surface area (Å²) >= 11 is 6.35. The van der Waals surface area contributed by atoms with Crippen LogP contribution < -0.4 is 5.32 Å². The zero-order valence-electron chi connectivity index (χ0n) is 12.8. The van der Waals surface area contributed by atoms with E-state index in [1.165, 1.54) is 16.7 Å². The van der Waals surface area contributed by atoms with Gasteiger partial charge in [0.1, 0.15) is 0 Å². The Labute approximate surface area is 126 Å². The molecule has 0 bridgehead atoms. The Kier molecular flexibility index (Phi) is 4.51. The average molecular weight is 292 g/mol. The molecule has 108 valence electrons. The van der Waals surface area contributed by atoms with E-state index in [9.17, 15) is 0 Å². The number of aromatic nitrogens is 2. The molecule has 0 amide bonds. The van der Waals surface area contributed by atoms with Crippen molar-refractivity contribution in [2.45, 2.75) is 33.2 Å². The molecule has 0 saturated heterocycles. The van der Waals surface area contributed by atoms with E-state index in [1.54, 1.807) is 0 Å². The minimum Gasteiger partial charge on any atom is -0.313 e. The maximum Gasteiger partial charge on any atom is 0.0847 e. The van der Waals surface area contributed by atoms with Crippen molar-refractivity contribution in [1.29, 1.82) is 0 Å². The van der Waals surface area contributed by atoms with Crippen LogP contribution in [0.15, 0.2) is 18.2 Å². The fourth-order valence-corrected chi connectivity index (χ4v) is 2.93. The Bertz CT molecular complexity index is 596. The molecular weight excluding hydrogens is 270 g/mol. The fourth-order valence-electron chi connectivity index (χ4n) is 2.69. The number of benzene rings is 1. The van der Waals surface area contributed by atoms with Crippen LogP contribution in [0.1, 0.15) is 34.1 Å². The predicted octanol–water partition coefficient (Wildman–Crippen LogP) is 3.50. The molecule has 1 aromatic carbocycles. The molecule has 1 N–H and O–H groups in total. The van der Waals surface area contributed by atoms with Crippen LogP contribution in [0.4, 0.5) is 0 Å². The van der Waals surface area contributed by atoms with Gasteiger partial charge in [0, 0.05) is 19.5 Å². The van der Waals surface area contributed by atoms with E-state index in [0.29, 0.717) is 0 Å². The standard InChI is InChI=1S/C16H22ClN3/c1-10-6-11(2)8-13(7-10)14(18-4)9-15-16(17)12(3)19-20(15)5/h6-8,14,18H,9H2,1-5H3. The van der Waals surface area contributed by atoms with Gasteiger partial charge in [-0.05, 0) is 33.4 Å². The molecule has 0 fully saturated rings. The van der Waals surface area contributed by atoms with Crippen LogP contribution in [-0.4, -0.2) is 16.8 Å². The Morgan fingerprint density at radius 3 is 2.25 bits per heavy atom. The first-order chi connectivity index (χ1) is 9.42. The van der Waals surface area contributed by atoms with Crippen molar-refractivity contribution in [1.82, 2.24) is 15.1 Å². The third kappa shape index (κ3) is 3.05. The SMILES string of the molecule is CNC(Cc1c(Cl)c(C)nn1C)c1cc(C)cc(C)c1. The lowest BCUT2D eigenvalue weighted by atomic mass is 9.98. The van der Waals surface area contributed by atoms with Gasteiger partial charge >= 0.3 is 0 Å². The summed E-state index contributed by atoms with van der Waals surface area (Å²) in [6, 6.07) is 6.88. The summed E-state index contributed by atoms with van der Waals surface area (Å²) in [6.07, 6.45) is 0.829. The minimum atomic E-state index is 0.237. The van der Waals surface area contributed by atoms with Gasteiger partial charge in [-0.3, -0.25) is 4.68 Å². The zero-order chi connectivity index (χ0) is 14.9. The molecule has 0 saturated carbocycles.